The smallest absolute Gasteiger partial charge is 0.278 e. The van der Waals surface area contributed by atoms with Crippen LogP contribution in [0.25, 0.3) is 0 Å². The molecule has 190 valence electrons. The minimum atomic E-state index is -0.460. The molecule has 0 saturated heterocycles. The Hall–Kier alpha value is -4.76. The molecule has 2 N–H and O–H groups in total. The average Bonchev–Trinajstić information content (AvgIpc) is 3.54. The Bertz CT molecular complexity index is 1500. The number of rotatable bonds is 9. The number of amides is 3. The normalized spacial score (nSPS) is 13.1. The molecule has 0 atom stereocenters. The van der Waals surface area contributed by atoms with E-state index in [0.29, 0.717) is 33.3 Å². The fraction of sp³-hybridized carbons (Fsp3) is 0.0690. The number of nitrogens with zero attached hydrogens (tertiary/aromatic N) is 1. The molecule has 0 aliphatic carbocycles. The number of benzene rings is 3. The molecule has 5 rings (SSSR count). The minimum Gasteiger partial charge on any atom is -0.497 e. The molecule has 1 aliphatic heterocycles. The number of anilines is 2. The quantitative estimate of drug-likeness (QED) is 0.277. The first-order chi connectivity index (χ1) is 18.5. The molecular weight excluding hydrogens is 502 g/mol. The molecule has 1 aromatic heterocycles. The summed E-state index contributed by atoms with van der Waals surface area (Å²) in [5.74, 6) is 0.0177. The number of carbonyl (C=O) groups is 3. The molecule has 0 bridgehead atoms. The van der Waals surface area contributed by atoms with Crippen molar-refractivity contribution in [3.8, 4) is 5.75 Å². The highest BCUT2D eigenvalue weighted by atomic mass is 32.2. The Morgan fingerprint density at radius 2 is 1.68 bits per heavy atom. The molecule has 9 heteroatoms. The fourth-order valence-corrected chi connectivity index (χ4v) is 4.83. The van der Waals surface area contributed by atoms with Crippen LogP contribution in [0.15, 0.2) is 117 Å². The number of nitrogens with one attached hydrogen (secondary N) is 2. The van der Waals surface area contributed by atoms with Crippen molar-refractivity contribution in [1.29, 1.82) is 0 Å². The SMILES string of the molecule is COc1ccc(NC2=C(Sc3cccc(NC(=O)c4ccccc4)c3)C(=O)N(Cc3ccco3)C2=O)cc1. The molecular formula is C29H23N3O5S. The van der Waals surface area contributed by atoms with Crippen LogP contribution in [0.4, 0.5) is 11.4 Å². The van der Waals surface area contributed by atoms with Gasteiger partial charge in [0.2, 0.25) is 0 Å². The monoisotopic (exact) mass is 525 g/mol. The molecule has 0 fully saturated rings. The molecule has 8 nitrogen and oxygen atoms in total. The maximum Gasteiger partial charge on any atom is 0.278 e. The molecule has 0 unspecified atom stereocenters. The number of ether oxygens (including phenoxy) is 1. The number of methoxy groups -OCH3 is 1. The van der Waals surface area contributed by atoms with E-state index >= 15 is 0 Å². The fourth-order valence-electron chi connectivity index (χ4n) is 3.83. The summed E-state index contributed by atoms with van der Waals surface area (Å²) < 4.78 is 10.6. The zero-order valence-corrected chi connectivity index (χ0v) is 21.2. The van der Waals surface area contributed by atoms with Crippen LogP contribution >= 0.6 is 11.8 Å². The van der Waals surface area contributed by atoms with Crippen LogP contribution in [0, 0.1) is 0 Å². The molecule has 38 heavy (non-hydrogen) atoms. The summed E-state index contributed by atoms with van der Waals surface area (Å²) in [5, 5.41) is 5.98. The lowest BCUT2D eigenvalue weighted by molar-refractivity contribution is -0.138. The number of hydrogen-bond acceptors (Lipinski definition) is 7. The molecule has 2 heterocycles. The third-order valence-corrected chi connectivity index (χ3v) is 6.80. The van der Waals surface area contributed by atoms with Gasteiger partial charge in [0, 0.05) is 21.8 Å². The van der Waals surface area contributed by atoms with Gasteiger partial charge < -0.3 is 19.8 Å². The molecule has 4 aromatic rings. The van der Waals surface area contributed by atoms with Crippen LogP contribution in [0.1, 0.15) is 16.1 Å². The van der Waals surface area contributed by atoms with E-state index in [0.717, 1.165) is 16.7 Å². The third kappa shape index (κ3) is 5.47. The van der Waals surface area contributed by atoms with Crippen LogP contribution in [-0.4, -0.2) is 29.7 Å². The Balaban J connectivity index is 1.42. The van der Waals surface area contributed by atoms with Crippen molar-refractivity contribution in [2.45, 2.75) is 11.4 Å². The summed E-state index contributed by atoms with van der Waals surface area (Å²) in [4.78, 5) is 41.5. The van der Waals surface area contributed by atoms with E-state index < -0.39 is 11.8 Å². The van der Waals surface area contributed by atoms with Crippen molar-refractivity contribution in [3.05, 3.63) is 119 Å². The molecule has 3 aromatic carbocycles. The van der Waals surface area contributed by atoms with Gasteiger partial charge >= 0.3 is 0 Å². The van der Waals surface area contributed by atoms with Crippen molar-refractivity contribution in [2.24, 2.45) is 0 Å². The summed E-state index contributed by atoms with van der Waals surface area (Å²) in [5.41, 5.74) is 1.89. The molecule has 0 saturated carbocycles. The van der Waals surface area contributed by atoms with Crippen LogP contribution in [0.2, 0.25) is 0 Å². The van der Waals surface area contributed by atoms with Gasteiger partial charge in [-0.05, 0) is 66.7 Å². The lowest BCUT2D eigenvalue weighted by Gasteiger charge is -2.13. The van der Waals surface area contributed by atoms with Gasteiger partial charge in [-0.3, -0.25) is 19.3 Å². The standard InChI is InChI=1S/C29H23N3O5S/c1-36-22-14-12-20(13-15-22)30-25-26(29(35)32(28(25)34)18-23-10-6-16-37-23)38-24-11-5-9-21(17-24)31-27(33)19-7-3-2-4-8-19/h2-17,30H,18H2,1H3,(H,31,33). The Morgan fingerprint density at radius 3 is 2.39 bits per heavy atom. The predicted octanol–water partition coefficient (Wildman–Crippen LogP) is 5.53. The largest absolute Gasteiger partial charge is 0.497 e. The highest BCUT2D eigenvalue weighted by Gasteiger charge is 2.39. The summed E-state index contributed by atoms with van der Waals surface area (Å²) in [6.45, 7) is 0.00961. The number of hydrogen-bond donors (Lipinski definition) is 2. The van der Waals surface area contributed by atoms with Crippen molar-refractivity contribution in [2.75, 3.05) is 17.7 Å². The minimum absolute atomic E-state index is 0.00961. The molecule has 3 amide bonds. The summed E-state index contributed by atoms with van der Waals surface area (Å²) in [6, 6.07) is 26.5. The maximum atomic E-state index is 13.5. The van der Waals surface area contributed by atoms with Gasteiger partial charge in [-0.15, -0.1) is 0 Å². The van der Waals surface area contributed by atoms with Gasteiger partial charge in [-0.1, -0.05) is 36.0 Å². The van der Waals surface area contributed by atoms with Gasteiger partial charge in [-0.25, -0.2) is 0 Å². The average molecular weight is 526 g/mol. The van der Waals surface area contributed by atoms with E-state index in [9.17, 15) is 14.4 Å². The first-order valence-electron chi connectivity index (χ1n) is 11.7. The van der Waals surface area contributed by atoms with Gasteiger partial charge in [0.25, 0.3) is 17.7 Å². The number of thioether (sulfide) groups is 1. The summed E-state index contributed by atoms with van der Waals surface area (Å²) >= 11 is 1.15. The first kappa shape index (κ1) is 24.9. The second kappa shape index (κ2) is 11.1. The zero-order valence-electron chi connectivity index (χ0n) is 20.3. The van der Waals surface area contributed by atoms with Crippen LogP contribution in [-0.2, 0) is 16.1 Å². The van der Waals surface area contributed by atoms with Crippen molar-refractivity contribution in [3.63, 3.8) is 0 Å². The van der Waals surface area contributed by atoms with Gasteiger partial charge in [-0.2, -0.15) is 0 Å². The summed E-state index contributed by atoms with van der Waals surface area (Å²) in [6.07, 6.45) is 1.50. The van der Waals surface area contributed by atoms with Crippen molar-refractivity contribution in [1.82, 2.24) is 4.90 Å². The predicted molar refractivity (Wildman–Crippen MR) is 145 cm³/mol. The Morgan fingerprint density at radius 1 is 0.895 bits per heavy atom. The van der Waals surface area contributed by atoms with Crippen molar-refractivity contribution < 1.29 is 23.5 Å². The van der Waals surface area contributed by atoms with E-state index in [4.69, 9.17) is 9.15 Å². The lowest BCUT2D eigenvalue weighted by Crippen LogP contribution is -2.31. The maximum absolute atomic E-state index is 13.5. The number of furan rings is 1. The van der Waals surface area contributed by atoms with E-state index in [2.05, 4.69) is 10.6 Å². The molecule has 1 aliphatic rings. The van der Waals surface area contributed by atoms with Gasteiger partial charge in [0.05, 0.1) is 19.9 Å². The van der Waals surface area contributed by atoms with Crippen LogP contribution in [0.5, 0.6) is 5.75 Å². The number of carbonyl (C=O) groups excluding carboxylic acids is 3. The van der Waals surface area contributed by atoms with E-state index in [1.807, 2.05) is 12.1 Å². The van der Waals surface area contributed by atoms with E-state index in [-0.39, 0.29) is 23.1 Å². The topological polar surface area (TPSA) is 101 Å². The highest BCUT2D eigenvalue weighted by molar-refractivity contribution is 8.04. The van der Waals surface area contributed by atoms with Gasteiger partial charge in [0.1, 0.15) is 22.1 Å². The zero-order chi connectivity index (χ0) is 26.5. The van der Waals surface area contributed by atoms with E-state index in [1.165, 1.54) is 6.26 Å². The molecule has 0 radical (unpaired) electrons. The second-order valence-electron chi connectivity index (χ2n) is 8.28. The second-order valence-corrected chi connectivity index (χ2v) is 9.37. The van der Waals surface area contributed by atoms with Crippen LogP contribution < -0.4 is 15.4 Å². The van der Waals surface area contributed by atoms with E-state index in [1.54, 1.807) is 86.0 Å². The number of imide groups is 1. The Labute approximate surface area is 223 Å². The van der Waals surface area contributed by atoms with Gasteiger partial charge in [0.15, 0.2) is 0 Å². The Kier molecular flexibility index (Phi) is 7.28. The third-order valence-electron chi connectivity index (χ3n) is 5.73. The first-order valence-corrected chi connectivity index (χ1v) is 12.5. The lowest BCUT2D eigenvalue weighted by atomic mass is 10.2. The highest BCUT2D eigenvalue weighted by Crippen LogP contribution is 2.37. The summed E-state index contributed by atoms with van der Waals surface area (Å²) in [7, 11) is 1.57. The van der Waals surface area contributed by atoms with Crippen molar-refractivity contribution >= 4 is 40.9 Å². The van der Waals surface area contributed by atoms with Crippen LogP contribution in [0.3, 0.4) is 0 Å². The molecule has 0 spiro atoms.